The smallest absolute Gasteiger partial charge is 0.343 e. The maximum absolute atomic E-state index is 13.2. The van der Waals surface area contributed by atoms with Gasteiger partial charge in [0.1, 0.15) is 16.9 Å². The molecule has 2 heterocycles. The van der Waals surface area contributed by atoms with E-state index in [0.717, 1.165) is 22.7 Å². The zero-order valence-electron chi connectivity index (χ0n) is 20.8. The molecule has 0 spiro atoms. The summed E-state index contributed by atoms with van der Waals surface area (Å²) in [5, 5.41) is 15.0. The molecule has 10 nitrogen and oxygen atoms in total. The molecule has 2 aromatic carbocycles. The van der Waals surface area contributed by atoms with Crippen molar-refractivity contribution < 1.29 is 29.0 Å². The van der Waals surface area contributed by atoms with E-state index in [0.29, 0.717) is 29.3 Å². The quantitative estimate of drug-likeness (QED) is 0.318. The summed E-state index contributed by atoms with van der Waals surface area (Å²) in [6.45, 7) is 0.540. The first-order chi connectivity index (χ1) is 17.3. The minimum absolute atomic E-state index is 0.270. The Morgan fingerprint density at radius 3 is 2.00 bits per heavy atom. The number of urea groups is 1. The number of esters is 1. The second kappa shape index (κ2) is 10.3. The van der Waals surface area contributed by atoms with E-state index in [-0.39, 0.29) is 13.1 Å². The number of rotatable bonds is 6. The van der Waals surface area contributed by atoms with Crippen molar-refractivity contribution in [2.45, 2.75) is 18.3 Å². The molecule has 1 aromatic heterocycles. The summed E-state index contributed by atoms with van der Waals surface area (Å²) in [6, 6.07) is 16.5. The Kier molecular flexibility index (Phi) is 7.16. The largest absolute Gasteiger partial charge is 0.497 e. The van der Waals surface area contributed by atoms with Crippen molar-refractivity contribution >= 4 is 12.0 Å². The predicted octanol–water partition coefficient (Wildman–Crippen LogP) is 3.50. The highest BCUT2D eigenvalue weighted by Crippen LogP contribution is 2.39. The lowest BCUT2D eigenvalue weighted by Crippen LogP contribution is -2.51. The molecule has 0 atom stereocenters. The monoisotopic (exact) mass is 494 g/mol. The Morgan fingerprint density at radius 2 is 1.50 bits per heavy atom. The van der Waals surface area contributed by atoms with Gasteiger partial charge in [0.2, 0.25) is 0 Å². The van der Waals surface area contributed by atoms with Crippen LogP contribution in [-0.2, 0) is 14.9 Å². The number of likely N-dealkylation sites (tertiary alicyclic amines) is 1. The van der Waals surface area contributed by atoms with Crippen molar-refractivity contribution in [3.05, 3.63) is 60.3 Å². The van der Waals surface area contributed by atoms with Gasteiger partial charge in [0.15, 0.2) is 0 Å². The third-order valence-corrected chi connectivity index (χ3v) is 6.64. The molecule has 190 valence electrons. The SMILES string of the molecule is COC(=O)C1(c2cc(-c3ccc(OC)cc3)n(-c3ccc(OC)cc3)n2)CCN(C(=O)N(C)O)CC1. The van der Waals surface area contributed by atoms with Gasteiger partial charge in [0.05, 0.1) is 38.4 Å². The number of carbonyl (C=O) groups is 2. The van der Waals surface area contributed by atoms with Gasteiger partial charge in [-0.05, 0) is 67.4 Å². The van der Waals surface area contributed by atoms with Gasteiger partial charge in [0, 0.05) is 25.7 Å². The molecule has 1 saturated heterocycles. The molecule has 1 N–H and O–H groups in total. The summed E-state index contributed by atoms with van der Waals surface area (Å²) in [6.07, 6.45) is 0.613. The second-order valence-corrected chi connectivity index (χ2v) is 8.62. The molecular formula is C26H30N4O6. The third kappa shape index (κ3) is 4.59. The fraction of sp³-hybridized carbons (Fsp3) is 0.346. The highest BCUT2D eigenvalue weighted by atomic mass is 16.5. The maximum Gasteiger partial charge on any atom is 0.343 e. The summed E-state index contributed by atoms with van der Waals surface area (Å²) in [5.41, 5.74) is 1.98. The zero-order chi connectivity index (χ0) is 25.9. The molecule has 0 aliphatic carbocycles. The summed E-state index contributed by atoms with van der Waals surface area (Å²) < 4.78 is 17.6. The first-order valence-corrected chi connectivity index (χ1v) is 11.5. The lowest BCUT2D eigenvalue weighted by atomic mass is 9.75. The number of methoxy groups -OCH3 is 3. The third-order valence-electron chi connectivity index (χ3n) is 6.64. The van der Waals surface area contributed by atoms with Crippen LogP contribution in [0.3, 0.4) is 0 Å². The standard InChI is InChI=1S/C26H30N4O6/c1-28(33)25(32)29-15-13-26(14-16-29,24(31)36-4)23-17-22(18-5-9-20(34-2)10-6-18)30(27-23)19-7-11-21(35-3)12-8-19/h5-12,17,33H,13-16H2,1-4H3. The van der Waals surface area contributed by atoms with E-state index >= 15 is 0 Å². The van der Waals surface area contributed by atoms with Gasteiger partial charge in [-0.2, -0.15) is 5.10 Å². The van der Waals surface area contributed by atoms with Crippen LogP contribution in [0.5, 0.6) is 11.5 Å². The van der Waals surface area contributed by atoms with Gasteiger partial charge in [-0.1, -0.05) is 0 Å². The zero-order valence-corrected chi connectivity index (χ0v) is 20.8. The molecule has 0 bridgehead atoms. The van der Waals surface area contributed by atoms with Gasteiger partial charge in [-0.15, -0.1) is 0 Å². The Hall–Kier alpha value is -4.05. The van der Waals surface area contributed by atoms with Crippen molar-refractivity contribution in [2.24, 2.45) is 0 Å². The fourth-order valence-corrected chi connectivity index (χ4v) is 4.55. The van der Waals surface area contributed by atoms with Crippen molar-refractivity contribution in [1.82, 2.24) is 19.7 Å². The van der Waals surface area contributed by atoms with Gasteiger partial charge in [0.25, 0.3) is 0 Å². The van der Waals surface area contributed by atoms with E-state index in [9.17, 15) is 14.8 Å². The molecule has 1 aliphatic heterocycles. The molecule has 0 unspecified atom stereocenters. The van der Waals surface area contributed by atoms with Crippen LogP contribution in [0.25, 0.3) is 16.9 Å². The van der Waals surface area contributed by atoms with Crippen molar-refractivity contribution in [1.29, 1.82) is 0 Å². The number of carbonyl (C=O) groups excluding carboxylic acids is 2. The molecule has 36 heavy (non-hydrogen) atoms. The molecule has 1 aliphatic rings. The molecule has 4 rings (SSSR count). The summed E-state index contributed by atoms with van der Waals surface area (Å²) in [4.78, 5) is 27.0. The summed E-state index contributed by atoms with van der Waals surface area (Å²) in [5.74, 6) is 1.04. The Labute approximate surface area is 209 Å². The number of amides is 2. The molecule has 0 radical (unpaired) electrons. The molecule has 10 heteroatoms. The van der Waals surface area contributed by atoms with E-state index in [1.165, 1.54) is 19.1 Å². The number of hydroxylamine groups is 2. The molecule has 1 fully saturated rings. The highest BCUT2D eigenvalue weighted by molar-refractivity contribution is 5.84. The van der Waals surface area contributed by atoms with Gasteiger partial charge in [-0.25, -0.2) is 14.5 Å². The van der Waals surface area contributed by atoms with Crippen LogP contribution in [0.1, 0.15) is 18.5 Å². The van der Waals surface area contributed by atoms with Crippen LogP contribution < -0.4 is 9.47 Å². The summed E-state index contributed by atoms with van der Waals surface area (Å²) in [7, 11) is 5.85. The number of benzene rings is 2. The second-order valence-electron chi connectivity index (χ2n) is 8.62. The van der Waals surface area contributed by atoms with E-state index < -0.39 is 17.4 Å². The van der Waals surface area contributed by atoms with E-state index in [1.54, 1.807) is 18.9 Å². The number of hydrogen-bond donors (Lipinski definition) is 1. The minimum Gasteiger partial charge on any atom is -0.497 e. The van der Waals surface area contributed by atoms with Gasteiger partial charge in [-0.3, -0.25) is 10.0 Å². The highest BCUT2D eigenvalue weighted by Gasteiger charge is 2.47. The van der Waals surface area contributed by atoms with Crippen LogP contribution in [-0.4, -0.2) is 78.4 Å². The van der Waals surface area contributed by atoms with Crippen LogP contribution >= 0.6 is 0 Å². The first kappa shape index (κ1) is 25.1. The van der Waals surface area contributed by atoms with E-state index in [4.69, 9.17) is 19.3 Å². The molecule has 2 amide bonds. The molecule has 3 aromatic rings. The molecular weight excluding hydrogens is 464 g/mol. The van der Waals surface area contributed by atoms with Crippen LogP contribution in [0.15, 0.2) is 54.6 Å². The Balaban J connectivity index is 1.80. The normalized spacial score (nSPS) is 14.8. The van der Waals surface area contributed by atoms with Gasteiger partial charge >= 0.3 is 12.0 Å². The number of hydrogen-bond acceptors (Lipinski definition) is 7. The average molecular weight is 495 g/mol. The summed E-state index contributed by atoms with van der Waals surface area (Å²) >= 11 is 0. The number of aromatic nitrogens is 2. The Bertz CT molecular complexity index is 1150. The minimum atomic E-state index is -1.04. The van der Waals surface area contributed by atoms with Crippen LogP contribution in [0.4, 0.5) is 4.79 Å². The lowest BCUT2D eigenvalue weighted by molar-refractivity contribution is -0.149. The maximum atomic E-state index is 13.2. The van der Waals surface area contributed by atoms with Crippen molar-refractivity contribution in [2.75, 3.05) is 41.5 Å². The fourth-order valence-electron chi connectivity index (χ4n) is 4.55. The van der Waals surface area contributed by atoms with Crippen molar-refractivity contribution in [3.8, 4) is 28.4 Å². The molecule has 0 saturated carbocycles. The van der Waals surface area contributed by atoms with Crippen molar-refractivity contribution in [3.63, 3.8) is 0 Å². The number of nitrogens with zero attached hydrogens (tertiary/aromatic N) is 4. The lowest BCUT2D eigenvalue weighted by Gasteiger charge is -2.39. The van der Waals surface area contributed by atoms with E-state index in [2.05, 4.69) is 0 Å². The average Bonchev–Trinajstić information content (AvgIpc) is 3.38. The Morgan fingerprint density at radius 1 is 0.944 bits per heavy atom. The van der Waals surface area contributed by atoms with Crippen LogP contribution in [0.2, 0.25) is 0 Å². The first-order valence-electron chi connectivity index (χ1n) is 11.5. The predicted molar refractivity (Wildman–Crippen MR) is 132 cm³/mol. The van der Waals surface area contributed by atoms with E-state index in [1.807, 2.05) is 54.6 Å². The van der Waals surface area contributed by atoms with Crippen LogP contribution in [0, 0.1) is 0 Å². The number of piperidine rings is 1. The topological polar surface area (TPSA) is 106 Å². The number of ether oxygens (including phenoxy) is 3. The van der Waals surface area contributed by atoms with Gasteiger partial charge < -0.3 is 19.1 Å².